The average Bonchev–Trinajstić information content (AvgIpc) is 2.72. The summed E-state index contributed by atoms with van der Waals surface area (Å²) in [6, 6.07) is 10.3. The van der Waals surface area contributed by atoms with Gasteiger partial charge in [-0.15, -0.1) is 0 Å². The second kappa shape index (κ2) is 9.20. The minimum Gasteiger partial charge on any atom is -0.493 e. The van der Waals surface area contributed by atoms with Crippen LogP contribution in [0.15, 0.2) is 30.3 Å². The summed E-state index contributed by atoms with van der Waals surface area (Å²) in [5.74, 6) is 3.76. The molecule has 1 aliphatic rings. The largest absolute Gasteiger partial charge is 0.493 e. The van der Waals surface area contributed by atoms with E-state index in [9.17, 15) is 0 Å². The molecule has 0 aliphatic carbocycles. The van der Waals surface area contributed by atoms with Gasteiger partial charge < -0.3 is 24.3 Å². The molecule has 0 saturated heterocycles. The molecule has 1 atom stereocenters. The predicted octanol–water partition coefficient (Wildman–Crippen LogP) is 4.37. The highest BCUT2D eigenvalue weighted by atomic mass is 16.5. The van der Waals surface area contributed by atoms with E-state index >= 15 is 0 Å². The van der Waals surface area contributed by atoms with Crippen LogP contribution in [0.2, 0.25) is 0 Å². The van der Waals surface area contributed by atoms with Crippen LogP contribution in [0.3, 0.4) is 0 Å². The Kier molecular flexibility index (Phi) is 6.68. The van der Waals surface area contributed by atoms with Crippen LogP contribution in [0.1, 0.15) is 43.0 Å². The number of benzene rings is 2. The van der Waals surface area contributed by atoms with Crippen molar-refractivity contribution in [1.82, 2.24) is 5.32 Å². The molecule has 5 nitrogen and oxygen atoms in total. The van der Waals surface area contributed by atoms with Gasteiger partial charge in [-0.25, -0.2) is 0 Å². The molecule has 1 aliphatic heterocycles. The van der Waals surface area contributed by atoms with Gasteiger partial charge in [0.05, 0.1) is 34.0 Å². The van der Waals surface area contributed by atoms with Gasteiger partial charge in [0, 0.05) is 12.1 Å². The van der Waals surface area contributed by atoms with E-state index < -0.39 is 0 Å². The van der Waals surface area contributed by atoms with Gasteiger partial charge in [0.25, 0.3) is 0 Å². The van der Waals surface area contributed by atoms with Crippen LogP contribution >= 0.6 is 0 Å². The van der Waals surface area contributed by atoms with Crippen LogP contribution < -0.4 is 24.3 Å². The molecular formula is C23H31NO4. The fourth-order valence-corrected chi connectivity index (χ4v) is 3.67. The second-order valence-electron chi connectivity index (χ2n) is 7.45. The molecular weight excluding hydrogens is 354 g/mol. The molecule has 2 aromatic carbocycles. The van der Waals surface area contributed by atoms with E-state index in [0.29, 0.717) is 12.5 Å². The first-order valence-corrected chi connectivity index (χ1v) is 9.86. The summed E-state index contributed by atoms with van der Waals surface area (Å²) in [5, 5.41) is 3.62. The third-order valence-corrected chi connectivity index (χ3v) is 5.19. The average molecular weight is 386 g/mol. The Hall–Kier alpha value is -2.40. The third kappa shape index (κ3) is 4.20. The van der Waals surface area contributed by atoms with E-state index in [2.05, 4.69) is 37.4 Å². The van der Waals surface area contributed by atoms with Gasteiger partial charge in [-0.2, -0.15) is 0 Å². The Balaban J connectivity index is 1.91. The van der Waals surface area contributed by atoms with Crippen molar-refractivity contribution < 1.29 is 18.9 Å². The maximum Gasteiger partial charge on any atom is 0.164 e. The summed E-state index contributed by atoms with van der Waals surface area (Å²) in [6.07, 6.45) is 1.92. The molecule has 0 spiro atoms. The molecule has 0 saturated carbocycles. The highest BCUT2D eigenvalue weighted by molar-refractivity contribution is 5.55. The zero-order chi connectivity index (χ0) is 20.1. The van der Waals surface area contributed by atoms with Crippen molar-refractivity contribution in [2.45, 2.75) is 32.7 Å². The van der Waals surface area contributed by atoms with E-state index in [-0.39, 0.29) is 6.04 Å². The molecule has 28 heavy (non-hydrogen) atoms. The molecule has 0 amide bonds. The monoisotopic (exact) mass is 385 g/mol. The fourth-order valence-electron chi connectivity index (χ4n) is 3.67. The Labute approximate surface area is 168 Å². The number of fused-ring (bicyclic) bond motifs is 1. The number of hydrogen-bond donors (Lipinski definition) is 1. The predicted molar refractivity (Wildman–Crippen MR) is 111 cm³/mol. The van der Waals surface area contributed by atoms with Crippen LogP contribution in [0, 0.1) is 5.92 Å². The Morgan fingerprint density at radius 2 is 1.71 bits per heavy atom. The lowest BCUT2D eigenvalue weighted by Crippen LogP contribution is -2.31. The summed E-state index contributed by atoms with van der Waals surface area (Å²) in [5.41, 5.74) is 3.54. The van der Waals surface area contributed by atoms with Gasteiger partial charge in [-0.1, -0.05) is 26.0 Å². The van der Waals surface area contributed by atoms with Crippen LogP contribution in [0.5, 0.6) is 23.0 Å². The third-order valence-electron chi connectivity index (χ3n) is 5.19. The van der Waals surface area contributed by atoms with E-state index in [1.165, 1.54) is 11.1 Å². The number of methoxy groups -OCH3 is 3. The lowest BCUT2D eigenvalue weighted by molar-refractivity contribution is 0.272. The Morgan fingerprint density at radius 3 is 2.39 bits per heavy atom. The Morgan fingerprint density at radius 1 is 0.964 bits per heavy atom. The van der Waals surface area contributed by atoms with Gasteiger partial charge in [-0.05, 0) is 48.1 Å². The standard InChI is InChI=1S/C23H31NO4/c1-15(2)11-13-28-19-8-6-16(14-21(19)26-4)22-17-7-9-20(25-3)23(27-5)18(17)10-12-24-22/h6-9,14-15,22,24H,10-13H2,1-5H3. The van der Waals surface area contributed by atoms with Gasteiger partial charge in [0.15, 0.2) is 23.0 Å². The van der Waals surface area contributed by atoms with E-state index in [1.807, 2.05) is 12.1 Å². The molecule has 0 radical (unpaired) electrons. The molecule has 152 valence electrons. The van der Waals surface area contributed by atoms with Gasteiger partial charge in [-0.3, -0.25) is 0 Å². The number of rotatable bonds is 8. The zero-order valence-electron chi connectivity index (χ0n) is 17.5. The number of nitrogens with one attached hydrogen (secondary N) is 1. The molecule has 1 heterocycles. The molecule has 2 aromatic rings. The minimum absolute atomic E-state index is 0.0715. The molecule has 0 bridgehead atoms. The van der Waals surface area contributed by atoms with Crippen molar-refractivity contribution >= 4 is 0 Å². The first kappa shape index (κ1) is 20.3. The lowest BCUT2D eigenvalue weighted by atomic mass is 9.89. The maximum absolute atomic E-state index is 5.94. The second-order valence-corrected chi connectivity index (χ2v) is 7.45. The summed E-state index contributed by atoms with van der Waals surface area (Å²) in [4.78, 5) is 0. The highest BCUT2D eigenvalue weighted by Crippen LogP contribution is 2.41. The van der Waals surface area contributed by atoms with E-state index in [0.717, 1.165) is 47.9 Å². The SMILES string of the molecule is COc1cc(C2NCCc3c2ccc(OC)c3OC)ccc1OCCC(C)C. The summed E-state index contributed by atoms with van der Waals surface area (Å²) in [6.45, 7) is 5.95. The summed E-state index contributed by atoms with van der Waals surface area (Å²) in [7, 11) is 5.05. The maximum atomic E-state index is 5.94. The van der Waals surface area contributed by atoms with Gasteiger partial charge in [0.2, 0.25) is 0 Å². The number of ether oxygens (including phenoxy) is 4. The summed E-state index contributed by atoms with van der Waals surface area (Å²) < 4.78 is 22.7. The molecule has 1 N–H and O–H groups in total. The van der Waals surface area contributed by atoms with Crippen molar-refractivity contribution in [3.05, 3.63) is 47.0 Å². The zero-order valence-corrected chi connectivity index (χ0v) is 17.5. The summed E-state index contributed by atoms with van der Waals surface area (Å²) >= 11 is 0. The quantitative estimate of drug-likeness (QED) is 0.731. The topological polar surface area (TPSA) is 49.0 Å². The van der Waals surface area contributed by atoms with Crippen molar-refractivity contribution in [3.63, 3.8) is 0 Å². The molecule has 0 aromatic heterocycles. The van der Waals surface area contributed by atoms with Crippen LogP contribution in [-0.4, -0.2) is 34.5 Å². The van der Waals surface area contributed by atoms with Crippen molar-refractivity contribution in [2.75, 3.05) is 34.5 Å². The minimum atomic E-state index is 0.0715. The van der Waals surface area contributed by atoms with Crippen LogP contribution in [0.4, 0.5) is 0 Å². The first-order chi connectivity index (χ1) is 13.6. The highest BCUT2D eigenvalue weighted by Gasteiger charge is 2.26. The lowest BCUT2D eigenvalue weighted by Gasteiger charge is -2.29. The van der Waals surface area contributed by atoms with E-state index in [1.54, 1.807) is 21.3 Å². The van der Waals surface area contributed by atoms with Gasteiger partial charge >= 0.3 is 0 Å². The molecule has 5 heteroatoms. The molecule has 1 unspecified atom stereocenters. The number of hydrogen-bond acceptors (Lipinski definition) is 5. The first-order valence-electron chi connectivity index (χ1n) is 9.86. The van der Waals surface area contributed by atoms with Crippen molar-refractivity contribution in [3.8, 4) is 23.0 Å². The van der Waals surface area contributed by atoms with E-state index in [4.69, 9.17) is 18.9 Å². The van der Waals surface area contributed by atoms with Gasteiger partial charge in [0.1, 0.15) is 0 Å². The van der Waals surface area contributed by atoms with Crippen LogP contribution in [0.25, 0.3) is 0 Å². The molecule has 0 fully saturated rings. The van der Waals surface area contributed by atoms with Crippen molar-refractivity contribution in [1.29, 1.82) is 0 Å². The van der Waals surface area contributed by atoms with Crippen LogP contribution in [-0.2, 0) is 6.42 Å². The normalized spacial score (nSPS) is 15.9. The molecule has 3 rings (SSSR count). The fraction of sp³-hybridized carbons (Fsp3) is 0.478. The Bertz CT molecular complexity index is 803. The van der Waals surface area contributed by atoms with Crippen molar-refractivity contribution in [2.24, 2.45) is 5.92 Å². The smallest absolute Gasteiger partial charge is 0.164 e.